The van der Waals surface area contributed by atoms with E-state index in [9.17, 15) is 4.79 Å². The second-order valence-electron chi connectivity index (χ2n) is 6.61. The van der Waals surface area contributed by atoms with Crippen LogP contribution in [0.15, 0.2) is 71.7 Å². The number of hydrogen-bond acceptors (Lipinski definition) is 2. The van der Waals surface area contributed by atoms with Crippen LogP contribution in [0.5, 0.6) is 0 Å². The lowest BCUT2D eigenvalue weighted by molar-refractivity contribution is -0.856. The Labute approximate surface area is 147 Å². The monoisotopic (exact) mass is 330 g/mol. The summed E-state index contributed by atoms with van der Waals surface area (Å²) in [6, 6.07) is 22.1. The number of nitrogens with zero attached hydrogens (tertiary/aromatic N) is 2. The molecule has 25 heavy (non-hydrogen) atoms. The molecule has 0 spiro atoms. The molecule has 4 nitrogen and oxygen atoms in total. The van der Waals surface area contributed by atoms with E-state index in [1.165, 1.54) is 10.3 Å². The second kappa shape index (κ2) is 6.15. The first-order valence-corrected chi connectivity index (χ1v) is 8.41. The van der Waals surface area contributed by atoms with Crippen LogP contribution in [0.25, 0.3) is 10.8 Å². The quantitative estimate of drug-likeness (QED) is 0.787. The summed E-state index contributed by atoms with van der Waals surface area (Å²) in [7, 11) is 4.07. The first-order valence-electron chi connectivity index (χ1n) is 8.41. The SMILES string of the molecule is C[NH+](C)CN1C(=O)C(=Nc2ccc3ccccc3c2)c2ccccc21. The maximum absolute atomic E-state index is 12.9. The van der Waals surface area contributed by atoms with E-state index in [-0.39, 0.29) is 5.91 Å². The van der Waals surface area contributed by atoms with Crippen molar-refractivity contribution in [3.8, 4) is 0 Å². The molecule has 124 valence electrons. The molecular formula is C21H20N3O+. The highest BCUT2D eigenvalue weighted by molar-refractivity contribution is 6.54. The highest BCUT2D eigenvalue weighted by atomic mass is 16.2. The number of nitrogens with one attached hydrogen (secondary N) is 1. The van der Waals surface area contributed by atoms with E-state index in [2.05, 4.69) is 12.1 Å². The van der Waals surface area contributed by atoms with E-state index in [1.54, 1.807) is 0 Å². The van der Waals surface area contributed by atoms with Crippen LogP contribution in [0.1, 0.15) is 5.56 Å². The lowest BCUT2D eigenvalue weighted by Crippen LogP contribution is -3.07. The predicted octanol–water partition coefficient (Wildman–Crippen LogP) is 2.41. The third-order valence-corrected chi connectivity index (χ3v) is 4.35. The molecule has 0 bridgehead atoms. The number of para-hydroxylation sites is 1. The van der Waals surface area contributed by atoms with Crippen LogP contribution in [0.4, 0.5) is 11.4 Å². The summed E-state index contributed by atoms with van der Waals surface area (Å²) in [5, 5.41) is 2.29. The van der Waals surface area contributed by atoms with E-state index in [0.717, 1.165) is 22.3 Å². The molecule has 0 saturated carbocycles. The molecule has 1 aliphatic heterocycles. The number of hydrogen-bond donors (Lipinski definition) is 1. The Balaban J connectivity index is 1.80. The number of benzene rings is 3. The molecular weight excluding hydrogens is 310 g/mol. The fourth-order valence-corrected chi connectivity index (χ4v) is 3.22. The van der Waals surface area contributed by atoms with E-state index in [0.29, 0.717) is 12.4 Å². The summed E-state index contributed by atoms with van der Waals surface area (Å²) in [5.74, 6) is -0.0319. The van der Waals surface area contributed by atoms with Crippen molar-refractivity contribution in [2.75, 3.05) is 25.7 Å². The summed E-state index contributed by atoms with van der Waals surface area (Å²) in [6.07, 6.45) is 0. The molecule has 0 aromatic heterocycles. The lowest BCUT2D eigenvalue weighted by Gasteiger charge is -2.18. The van der Waals surface area contributed by atoms with Crippen LogP contribution in [0.2, 0.25) is 0 Å². The molecule has 1 N–H and O–H groups in total. The van der Waals surface area contributed by atoms with Gasteiger partial charge in [-0.05, 0) is 29.0 Å². The summed E-state index contributed by atoms with van der Waals surface area (Å²) < 4.78 is 0. The molecule has 1 amide bonds. The average Bonchev–Trinajstić information content (AvgIpc) is 2.87. The highest BCUT2D eigenvalue weighted by Crippen LogP contribution is 2.30. The van der Waals surface area contributed by atoms with Crippen molar-refractivity contribution >= 4 is 33.8 Å². The van der Waals surface area contributed by atoms with Gasteiger partial charge in [0.15, 0.2) is 6.67 Å². The van der Waals surface area contributed by atoms with Gasteiger partial charge in [0.2, 0.25) is 0 Å². The lowest BCUT2D eigenvalue weighted by atomic mass is 10.1. The molecule has 0 atom stereocenters. The molecule has 3 aromatic carbocycles. The Morgan fingerprint density at radius 3 is 2.44 bits per heavy atom. The van der Waals surface area contributed by atoms with Crippen molar-refractivity contribution in [3.05, 3.63) is 72.3 Å². The zero-order chi connectivity index (χ0) is 17.4. The number of fused-ring (bicyclic) bond motifs is 2. The zero-order valence-corrected chi connectivity index (χ0v) is 14.4. The minimum atomic E-state index is -0.0319. The number of quaternary nitrogens is 1. The predicted molar refractivity (Wildman–Crippen MR) is 102 cm³/mol. The molecule has 0 saturated heterocycles. The van der Waals surface area contributed by atoms with Gasteiger partial charge in [0.05, 0.1) is 25.5 Å². The van der Waals surface area contributed by atoms with Crippen molar-refractivity contribution < 1.29 is 9.69 Å². The molecule has 0 aliphatic carbocycles. The number of anilines is 1. The smallest absolute Gasteiger partial charge is 0.281 e. The summed E-state index contributed by atoms with van der Waals surface area (Å²) >= 11 is 0. The van der Waals surface area contributed by atoms with Gasteiger partial charge in [0.1, 0.15) is 5.71 Å². The van der Waals surface area contributed by atoms with Crippen LogP contribution >= 0.6 is 0 Å². The Kier molecular flexibility index (Phi) is 3.82. The maximum Gasteiger partial charge on any atom is 0.281 e. The third-order valence-electron chi connectivity index (χ3n) is 4.35. The van der Waals surface area contributed by atoms with Crippen molar-refractivity contribution in [2.24, 2.45) is 4.99 Å². The fraction of sp³-hybridized carbons (Fsp3) is 0.143. The van der Waals surface area contributed by atoms with Crippen LogP contribution < -0.4 is 9.80 Å². The standard InChI is InChI=1S/C21H19N3O/c1-23(2)14-24-19-10-6-5-9-18(19)20(21(24)25)22-17-12-11-15-7-3-4-8-16(15)13-17/h3-13H,14H2,1-2H3/p+1. The van der Waals surface area contributed by atoms with Gasteiger partial charge >= 0.3 is 0 Å². The van der Waals surface area contributed by atoms with Crippen molar-refractivity contribution in [3.63, 3.8) is 0 Å². The van der Waals surface area contributed by atoms with Gasteiger partial charge in [0, 0.05) is 5.56 Å². The van der Waals surface area contributed by atoms with Gasteiger partial charge < -0.3 is 4.90 Å². The normalized spacial score (nSPS) is 15.4. The Morgan fingerprint density at radius 2 is 1.64 bits per heavy atom. The summed E-state index contributed by atoms with van der Waals surface area (Å²) in [6.45, 7) is 0.618. The minimum absolute atomic E-state index is 0.0319. The van der Waals surface area contributed by atoms with Crippen LogP contribution in [0, 0.1) is 0 Å². The van der Waals surface area contributed by atoms with Crippen LogP contribution in [-0.2, 0) is 4.79 Å². The largest absolute Gasteiger partial charge is 0.322 e. The topological polar surface area (TPSA) is 37.1 Å². The van der Waals surface area contributed by atoms with Gasteiger partial charge in [0.25, 0.3) is 5.91 Å². The summed E-state index contributed by atoms with van der Waals surface area (Å²) in [4.78, 5) is 20.7. The van der Waals surface area contributed by atoms with Crippen LogP contribution in [0.3, 0.4) is 0 Å². The van der Waals surface area contributed by atoms with Crippen molar-refractivity contribution in [2.45, 2.75) is 0 Å². The molecule has 4 rings (SSSR count). The Bertz CT molecular complexity index is 991. The van der Waals surface area contributed by atoms with E-state index in [1.807, 2.05) is 73.6 Å². The fourth-order valence-electron chi connectivity index (χ4n) is 3.22. The van der Waals surface area contributed by atoms with Gasteiger partial charge in [-0.1, -0.05) is 48.5 Å². The molecule has 4 heteroatoms. The summed E-state index contributed by atoms with van der Waals surface area (Å²) in [5.41, 5.74) is 3.16. The molecule has 1 aliphatic rings. The molecule has 0 radical (unpaired) electrons. The molecule has 0 fully saturated rings. The molecule has 1 heterocycles. The third kappa shape index (κ3) is 2.81. The number of aliphatic imine (C=N–C) groups is 1. The number of carbonyl (C=O) groups excluding carboxylic acids is 1. The molecule has 0 unspecified atom stereocenters. The number of rotatable bonds is 3. The van der Waals surface area contributed by atoms with Gasteiger partial charge in [-0.15, -0.1) is 0 Å². The highest BCUT2D eigenvalue weighted by Gasteiger charge is 2.34. The van der Waals surface area contributed by atoms with E-state index < -0.39 is 0 Å². The first-order chi connectivity index (χ1) is 12.1. The molecule has 3 aromatic rings. The van der Waals surface area contributed by atoms with Gasteiger partial charge in [-0.3, -0.25) is 9.69 Å². The average molecular weight is 330 g/mol. The van der Waals surface area contributed by atoms with Crippen molar-refractivity contribution in [1.82, 2.24) is 0 Å². The van der Waals surface area contributed by atoms with Gasteiger partial charge in [-0.2, -0.15) is 0 Å². The minimum Gasteiger partial charge on any atom is -0.322 e. The second-order valence-corrected chi connectivity index (χ2v) is 6.61. The Morgan fingerprint density at radius 1 is 0.920 bits per heavy atom. The van der Waals surface area contributed by atoms with E-state index >= 15 is 0 Å². The van der Waals surface area contributed by atoms with E-state index in [4.69, 9.17) is 4.99 Å². The van der Waals surface area contributed by atoms with Crippen molar-refractivity contribution in [1.29, 1.82) is 0 Å². The van der Waals surface area contributed by atoms with Crippen LogP contribution in [-0.4, -0.2) is 32.4 Å². The Hall–Kier alpha value is -2.98. The maximum atomic E-state index is 12.9. The zero-order valence-electron chi connectivity index (χ0n) is 14.4. The van der Waals surface area contributed by atoms with Gasteiger partial charge in [-0.25, -0.2) is 4.99 Å². The number of carbonyl (C=O) groups is 1. The number of amides is 1. The first kappa shape index (κ1) is 15.5.